The first-order chi connectivity index (χ1) is 11.4. The van der Waals surface area contributed by atoms with Crippen LogP contribution in [0.5, 0.6) is 0 Å². The molecule has 0 radical (unpaired) electrons. The first-order valence-electron chi connectivity index (χ1n) is 8.54. The van der Waals surface area contributed by atoms with Crippen molar-refractivity contribution in [2.45, 2.75) is 32.6 Å². The molecule has 0 atom stereocenters. The smallest absolute Gasteiger partial charge is 0.220 e. The van der Waals surface area contributed by atoms with E-state index in [1.54, 1.807) is 7.05 Å². The van der Waals surface area contributed by atoms with E-state index in [1.807, 2.05) is 6.92 Å². The summed E-state index contributed by atoms with van der Waals surface area (Å²) in [5.74, 6) is 1.41. The van der Waals surface area contributed by atoms with Crippen LogP contribution in [-0.4, -0.2) is 71.2 Å². The average molecular weight is 362 g/mol. The van der Waals surface area contributed by atoms with Gasteiger partial charge in [0.2, 0.25) is 15.9 Å². The van der Waals surface area contributed by atoms with E-state index in [1.165, 1.54) is 0 Å². The molecule has 0 bridgehead atoms. The number of rotatable bonds is 8. The second-order valence-electron chi connectivity index (χ2n) is 6.06. The predicted molar refractivity (Wildman–Crippen MR) is 96.4 cm³/mol. The lowest BCUT2D eigenvalue weighted by molar-refractivity contribution is -0.121. The monoisotopic (exact) mass is 361 g/mol. The van der Waals surface area contributed by atoms with Crippen LogP contribution in [-0.2, 0) is 14.8 Å². The lowest BCUT2D eigenvalue weighted by Gasteiger charge is -2.34. The molecule has 1 heterocycles. The zero-order valence-electron chi connectivity index (χ0n) is 15.0. The Morgan fingerprint density at radius 1 is 1.29 bits per heavy atom. The van der Waals surface area contributed by atoms with E-state index in [9.17, 15) is 13.2 Å². The van der Waals surface area contributed by atoms with Gasteiger partial charge in [0.25, 0.3) is 0 Å². The molecule has 3 N–H and O–H groups in total. The predicted octanol–water partition coefficient (Wildman–Crippen LogP) is -0.261. The summed E-state index contributed by atoms with van der Waals surface area (Å²) in [6.45, 7) is 5.56. The quantitative estimate of drug-likeness (QED) is 0.314. The van der Waals surface area contributed by atoms with Crippen LogP contribution in [0.4, 0.5) is 0 Å². The second-order valence-corrected chi connectivity index (χ2v) is 7.90. The summed E-state index contributed by atoms with van der Waals surface area (Å²) in [4.78, 5) is 18.3. The number of nitrogens with zero attached hydrogens (tertiary/aromatic N) is 2. The maximum atomic E-state index is 11.5. The van der Waals surface area contributed by atoms with Gasteiger partial charge in [0, 0.05) is 46.2 Å². The fourth-order valence-electron chi connectivity index (χ4n) is 2.66. The molecule has 0 spiro atoms. The van der Waals surface area contributed by atoms with Crippen LogP contribution in [0, 0.1) is 5.92 Å². The Bertz CT molecular complexity index is 513. The highest BCUT2D eigenvalue weighted by Gasteiger charge is 2.22. The second kappa shape index (κ2) is 10.5. The molecule has 0 aromatic carbocycles. The topological polar surface area (TPSA) is 103 Å². The third-order valence-corrected chi connectivity index (χ3v) is 4.69. The van der Waals surface area contributed by atoms with Gasteiger partial charge >= 0.3 is 0 Å². The Labute approximate surface area is 145 Å². The molecule has 1 rings (SSSR count). The highest BCUT2D eigenvalue weighted by Crippen LogP contribution is 2.20. The van der Waals surface area contributed by atoms with Gasteiger partial charge in [-0.25, -0.2) is 13.1 Å². The van der Waals surface area contributed by atoms with Crippen LogP contribution >= 0.6 is 0 Å². The van der Waals surface area contributed by atoms with Crippen molar-refractivity contribution in [2.24, 2.45) is 10.9 Å². The van der Waals surface area contributed by atoms with Gasteiger partial charge in [0.15, 0.2) is 5.96 Å². The number of piperidine rings is 1. The van der Waals surface area contributed by atoms with Crippen molar-refractivity contribution in [3.63, 3.8) is 0 Å². The van der Waals surface area contributed by atoms with Gasteiger partial charge in [-0.1, -0.05) is 0 Å². The van der Waals surface area contributed by atoms with Gasteiger partial charge in [-0.15, -0.1) is 0 Å². The summed E-state index contributed by atoms with van der Waals surface area (Å²) in [6.07, 6.45) is 4.37. The average Bonchev–Trinajstić information content (AvgIpc) is 2.53. The van der Waals surface area contributed by atoms with Crippen molar-refractivity contribution < 1.29 is 13.2 Å². The zero-order valence-corrected chi connectivity index (χ0v) is 15.8. The largest absolute Gasteiger partial charge is 0.359 e. The molecule has 0 unspecified atom stereocenters. The normalized spacial score (nSPS) is 17.0. The SMILES string of the molecule is CCNC(=NCCCNS(C)(=O)=O)N1CCC(CC(=O)NC)CC1. The number of guanidine groups is 1. The van der Waals surface area contributed by atoms with E-state index in [2.05, 4.69) is 25.2 Å². The fourth-order valence-corrected chi connectivity index (χ4v) is 3.18. The molecule has 140 valence electrons. The summed E-state index contributed by atoms with van der Waals surface area (Å²) < 4.78 is 24.5. The van der Waals surface area contributed by atoms with E-state index < -0.39 is 10.0 Å². The van der Waals surface area contributed by atoms with E-state index in [-0.39, 0.29) is 5.91 Å². The molecule has 24 heavy (non-hydrogen) atoms. The molecule has 0 saturated carbocycles. The summed E-state index contributed by atoms with van der Waals surface area (Å²) in [7, 11) is -1.46. The van der Waals surface area contributed by atoms with E-state index >= 15 is 0 Å². The first kappa shape index (κ1) is 20.7. The molecule has 1 amide bonds. The van der Waals surface area contributed by atoms with Crippen LogP contribution < -0.4 is 15.4 Å². The maximum absolute atomic E-state index is 11.5. The maximum Gasteiger partial charge on any atom is 0.220 e. The van der Waals surface area contributed by atoms with E-state index in [0.717, 1.165) is 44.7 Å². The van der Waals surface area contributed by atoms with Crippen molar-refractivity contribution in [1.29, 1.82) is 0 Å². The number of sulfonamides is 1. The van der Waals surface area contributed by atoms with Crippen LogP contribution in [0.2, 0.25) is 0 Å². The van der Waals surface area contributed by atoms with E-state index in [0.29, 0.717) is 31.8 Å². The van der Waals surface area contributed by atoms with Gasteiger partial charge < -0.3 is 15.5 Å². The Morgan fingerprint density at radius 3 is 2.50 bits per heavy atom. The molecule has 1 fully saturated rings. The van der Waals surface area contributed by atoms with Gasteiger partial charge in [-0.2, -0.15) is 0 Å². The third-order valence-electron chi connectivity index (χ3n) is 3.96. The number of carbonyl (C=O) groups is 1. The van der Waals surface area contributed by atoms with Gasteiger partial charge in [-0.05, 0) is 32.1 Å². The molecule has 8 nitrogen and oxygen atoms in total. The molecule has 9 heteroatoms. The summed E-state index contributed by atoms with van der Waals surface area (Å²) in [5.41, 5.74) is 0. The van der Waals surface area contributed by atoms with Gasteiger partial charge in [0.1, 0.15) is 0 Å². The zero-order chi connectivity index (χ0) is 18.0. The number of nitrogens with one attached hydrogen (secondary N) is 3. The summed E-state index contributed by atoms with van der Waals surface area (Å²) in [5, 5.41) is 5.96. The Hall–Kier alpha value is -1.35. The lowest BCUT2D eigenvalue weighted by atomic mass is 9.93. The van der Waals surface area contributed by atoms with Crippen LogP contribution in [0.25, 0.3) is 0 Å². The Balaban J connectivity index is 2.42. The van der Waals surface area contributed by atoms with Gasteiger partial charge in [0.05, 0.1) is 6.26 Å². The highest BCUT2D eigenvalue weighted by molar-refractivity contribution is 7.88. The van der Waals surface area contributed by atoms with Crippen LogP contribution in [0.15, 0.2) is 4.99 Å². The Kier molecular flexibility index (Phi) is 9.05. The minimum atomic E-state index is -3.13. The van der Waals surface area contributed by atoms with Crippen molar-refractivity contribution >= 4 is 21.9 Å². The molecule has 0 aromatic heterocycles. The fraction of sp³-hybridized carbons (Fsp3) is 0.867. The third kappa shape index (κ3) is 8.49. The minimum absolute atomic E-state index is 0.104. The summed E-state index contributed by atoms with van der Waals surface area (Å²) >= 11 is 0. The number of aliphatic imine (C=N–C) groups is 1. The number of hydrogen-bond acceptors (Lipinski definition) is 4. The number of carbonyl (C=O) groups excluding carboxylic acids is 1. The van der Waals surface area contributed by atoms with Gasteiger partial charge in [-0.3, -0.25) is 9.79 Å². The van der Waals surface area contributed by atoms with E-state index in [4.69, 9.17) is 0 Å². The molecule has 1 saturated heterocycles. The summed E-state index contributed by atoms with van der Waals surface area (Å²) in [6, 6.07) is 0. The van der Waals surface area contributed by atoms with Crippen LogP contribution in [0.1, 0.15) is 32.6 Å². The number of likely N-dealkylation sites (tertiary alicyclic amines) is 1. The van der Waals surface area contributed by atoms with Crippen molar-refractivity contribution in [2.75, 3.05) is 46.0 Å². The van der Waals surface area contributed by atoms with Crippen molar-refractivity contribution in [3.05, 3.63) is 0 Å². The molecule has 0 aromatic rings. The molecular formula is C15H31N5O3S. The van der Waals surface area contributed by atoms with Crippen molar-refractivity contribution in [3.8, 4) is 0 Å². The number of hydrogen-bond donors (Lipinski definition) is 3. The lowest BCUT2D eigenvalue weighted by Crippen LogP contribution is -2.46. The molecular weight excluding hydrogens is 330 g/mol. The minimum Gasteiger partial charge on any atom is -0.359 e. The first-order valence-corrected chi connectivity index (χ1v) is 10.4. The highest BCUT2D eigenvalue weighted by atomic mass is 32.2. The van der Waals surface area contributed by atoms with Crippen LogP contribution in [0.3, 0.4) is 0 Å². The van der Waals surface area contributed by atoms with Crippen molar-refractivity contribution in [1.82, 2.24) is 20.3 Å². The molecule has 1 aliphatic rings. The molecule has 1 aliphatic heterocycles. The number of amides is 1. The Morgan fingerprint density at radius 2 is 1.96 bits per heavy atom. The molecule has 0 aliphatic carbocycles. The standard InChI is InChI=1S/C15H31N5O3S/c1-4-17-15(18-8-5-9-19-24(3,22)23)20-10-6-13(7-11-20)12-14(21)16-2/h13,19H,4-12H2,1-3H3,(H,16,21)(H,17,18).